The van der Waals surface area contributed by atoms with E-state index in [0.717, 1.165) is 13.1 Å². The molecule has 37 heavy (non-hydrogen) atoms. The number of morpholine rings is 1. The first-order valence-corrected chi connectivity index (χ1v) is 13.4. The summed E-state index contributed by atoms with van der Waals surface area (Å²) in [7, 11) is 0. The minimum absolute atomic E-state index is 0.263. The fourth-order valence-electron chi connectivity index (χ4n) is 6.87. The molecule has 4 saturated heterocycles. The highest BCUT2D eigenvalue weighted by atomic mass is 16.5. The number of carbonyl (C=O) groups is 3. The maximum Gasteiger partial charge on any atom is 0.245 e. The van der Waals surface area contributed by atoms with Gasteiger partial charge in [-0.05, 0) is 38.3 Å². The summed E-state index contributed by atoms with van der Waals surface area (Å²) in [5.41, 5.74) is -1.30. The molecule has 3 amide bonds. The maximum absolute atomic E-state index is 14.0. The van der Waals surface area contributed by atoms with E-state index in [9.17, 15) is 19.5 Å². The van der Waals surface area contributed by atoms with Crippen molar-refractivity contribution in [3.63, 3.8) is 0 Å². The molecule has 0 saturated carbocycles. The van der Waals surface area contributed by atoms with Crippen molar-refractivity contribution in [2.24, 2.45) is 11.8 Å². The molecule has 1 aromatic rings. The summed E-state index contributed by atoms with van der Waals surface area (Å²) >= 11 is 0. The lowest BCUT2D eigenvalue weighted by atomic mass is 9.66. The summed E-state index contributed by atoms with van der Waals surface area (Å²) in [5, 5.41) is 16.1. The van der Waals surface area contributed by atoms with Crippen molar-refractivity contribution in [1.29, 1.82) is 0 Å². The molecule has 2 unspecified atom stereocenters. The molecule has 0 radical (unpaired) electrons. The van der Waals surface area contributed by atoms with Crippen molar-refractivity contribution in [2.75, 3.05) is 51.3 Å². The van der Waals surface area contributed by atoms with Crippen LogP contribution in [0.4, 0.5) is 5.69 Å². The van der Waals surface area contributed by atoms with Crippen LogP contribution in [0.25, 0.3) is 0 Å². The van der Waals surface area contributed by atoms with Gasteiger partial charge >= 0.3 is 0 Å². The molecule has 202 valence electrons. The number of nitrogens with zero attached hydrogens (tertiary/aromatic N) is 2. The summed E-state index contributed by atoms with van der Waals surface area (Å²) < 4.78 is 12.0. The van der Waals surface area contributed by atoms with Gasteiger partial charge in [0.2, 0.25) is 17.7 Å². The van der Waals surface area contributed by atoms with Crippen molar-refractivity contribution in [3.05, 3.63) is 30.3 Å². The number of ether oxygens (including phenoxy) is 2. The fourth-order valence-corrected chi connectivity index (χ4v) is 6.87. The van der Waals surface area contributed by atoms with Crippen LogP contribution < -0.4 is 10.6 Å². The van der Waals surface area contributed by atoms with Crippen LogP contribution in [0.2, 0.25) is 0 Å². The minimum Gasteiger partial charge on any atom is -0.394 e. The summed E-state index contributed by atoms with van der Waals surface area (Å²) in [6.45, 7) is 7.61. The lowest BCUT2D eigenvalue weighted by molar-refractivity contribution is -0.148. The molecular weight excluding hydrogens is 476 g/mol. The molecule has 0 aromatic heterocycles. The van der Waals surface area contributed by atoms with E-state index in [0.29, 0.717) is 51.3 Å². The van der Waals surface area contributed by atoms with E-state index in [-0.39, 0.29) is 24.3 Å². The van der Waals surface area contributed by atoms with Crippen LogP contribution in [0, 0.1) is 11.8 Å². The second kappa shape index (κ2) is 10.3. The summed E-state index contributed by atoms with van der Waals surface area (Å²) in [5.74, 6) is -2.38. The van der Waals surface area contributed by atoms with E-state index in [1.807, 2.05) is 32.0 Å². The zero-order valence-electron chi connectivity index (χ0n) is 21.7. The lowest BCUT2D eigenvalue weighted by Crippen LogP contribution is -2.58. The first kappa shape index (κ1) is 26.1. The van der Waals surface area contributed by atoms with Crippen LogP contribution in [0.15, 0.2) is 30.3 Å². The molecule has 1 aromatic carbocycles. The van der Waals surface area contributed by atoms with Crippen molar-refractivity contribution in [2.45, 2.75) is 56.4 Å². The number of likely N-dealkylation sites (tertiary alicyclic amines) is 1. The Hall–Kier alpha value is -2.53. The number of nitrogens with one attached hydrogen (secondary N) is 2. The van der Waals surface area contributed by atoms with Gasteiger partial charge in [-0.15, -0.1) is 0 Å². The van der Waals surface area contributed by atoms with E-state index in [1.165, 1.54) is 4.90 Å². The van der Waals surface area contributed by atoms with E-state index in [1.54, 1.807) is 12.1 Å². The number of fused-ring (bicyclic) bond motifs is 1. The molecule has 0 aliphatic carbocycles. The Bertz CT molecular complexity index is 1010. The van der Waals surface area contributed by atoms with Crippen LogP contribution in [0.1, 0.15) is 33.1 Å². The topological polar surface area (TPSA) is 120 Å². The number of benzene rings is 1. The van der Waals surface area contributed by atoms with Gasteiger partial charge in [-0.2, -0.15) is 0 Å². The van der Waals surface area contributed by atoms with Gasteiger partial charge in [0, 0.05) is 31.9 Å². The lowest BCUT2D eigenvalue weighted by Gasteiger charge is -2.37. The van der Waals surface area contributed by atoms with Gasteiger partial charge in [0.25, 0.3) is 0 Å². The Morgan fingerprint density at radius 3 is 2.57 bits per heavy atom. The highest BCUT2D eigenvalue weighted by molar-refractivity contribution is 6.02. The first-order valence-electron chi connectivity index (χ1n) is 13.4. The minimum atomic E-state index is -1.10. The van der Waals surface area contributed by atoms with Crippen molar-refractivity contribution in [3.8, 4) is 0 Å². The predicted molar refractivity (Wildman–Crippen MR) is 136 cm³/mol. The molecule has 10 heteroatoms. The van der Waals surface area contributed by atoms with E-state index < -0.39 is 35.1 Å². The van der Waals surface area contributed by atoms with Gasteiger partial charge in [-0.25, -0.2) is 0 Å². The third-order valence-corrected chi connectivity index (χ3v) is 8.69. The molecule has 4 aliphatic heterocycles. The average Bonchev–Trinajstić information content (AvgIpc) is 3.47. The second-order valence-electron chi connectivity index (χ2n) is 10.8. The molecule has 1 spiro atoms. The Labute approximate surface area is 217 Å². The number of para-hydroxylation sites is 1. The van der Waals surface area contributed by atoms with Crippen molar-refractivity contribution < 1.29 is 29.0 Å². The van der Waals surface area contributed by atoms with E-state index in [2.05, 4.69) is 15.5 Å². The highest BCUT2D eigenvalue weighted by Gasteiger charge is 2.78. The van der Waals surface area contributed by atoms with E-state index in [4.69, 9.17) is 9.47 Å². The van der Waals surface area contributed by atoms with Gasteiger partial charge in [-0.1, -0.05) is 25.1 Å². The predicted octanol–water partition coefficient (Wildman–Crippen LogP) is 0.609. The number of amides is 3. The normalized spacial score (nSPS) is 33.9. The molecule has 10 nitrogen and oxygen atoms in total. The third kappa shape index (κ3) is 4.43. The van der Waals surface area contributed by atoms with Gasteiger partial charge in [0.1, 0.15) is 11.6 Å². The SMILES string of the molecule is CC[C@@H](CO)N1C(=O)[C@@H]2[C@@H](C(=O)Nc3ccccc3)[C@@]3(C)CCC2(O3)C1C(=O)NCCN1CCOCC1. The molecule has 3 N–H and O–H groups in total. The molecule has 5 rings (SSSR count). The molecule has 4 heterocycles. The van der Waals surface area contributed by atoms with Crippen LogP contribution in [0.3, 0.4) is 0 Å². The van der Waals surface area contributed by atoms with Crippen LogP contribution in [0.5, 0.6) is 0 Å². The van der Waals surface area contributed by atoms with Gasteiger partial charge in [0.05, 0.1) is 43.3 Å². The first-order chi connectivity index (χ1) is 17.8. The van der Waals surface area contributed by atoms with Crippen molar-refractivity contribution >= 4 is 23.4 Å². The standard InChI is InChI=1S/C27H38N4O6/c1-3-19(17-32)31-22(24(34)28-11-12-30-13-15-36-16-14-30)27-10-9-26(2,37-27)20(21(27)25(31)35)23(33)29-18-7-5-4-6-8-18/h4-8,19-22,32H,3,9-17H2,1-2H3,(H,28,34)(H,29,33)/t19-,20-,21-,22?,26+,27?/m0/s1. The Kier molecular flexibility index (Phi) is 7.28. The number of aliphatic hydroxyl groups is 1. The fraction of sp³-hybridized carbons (Fsp3) is 0.667. The van der Waals surface area contributed by atoms with Gasteiger partial charge in [-0.3, -0.25) is 19.3 Å². The summed E-state index contributed by atoms with van der Waals surface area (Å²) in [6.07, 6.45) is 1.57. The number of carbonyl (C=O) groups excluding carboxylic acids is 3. The Balaban J connectivity index is 1.41. The van der Waals surface area contributed by atoms with Crippen LogP contribution in [-0.4, -0.2) is 102 Å². The largest absolute Gasteiger partial charge is 0.394 e. The van der Waals surface area contributed by atoms with Gasteiger partial charge < -0.3 is 30.1 Å². The second-order valence-corrected chi connectivity index (χ2v) is 10.8. The molecule has 4 aliphatic rings. The Morgan fingerprint density at radius 2 is 1.89 bits per heavy atom. The number of anilines is 1. The molecule has 2 bridgehead atoms. The van der Waals surface area contributed by atoms with Crippen LogP contribution in [-0.2, 0) is 23.9 Å². The average molecular weight is 515 g/mol. The Morgan fingerprint density at radius 1 is 1.16 bits per heavy atom. The van der Waals surface area contributed by atoms with Crippen molar-refractivity contribution in [1.82, 2.24) is 15.1 Å². The highest BCUT2D eigenvalue weighted by Crippen LogP contribution is 2.63. The monoisotopic (exact) mass is 514 g/mol. The van der Waals surface area contributed by atoms with Crippen LogP contribution >= 0.6 is 0 Å². The summed E-state index contributed by atoms with van der Waals surface area (Å²) in [6, 6.07) is 7.71. The maximum atomic E-state index is 14.0. The number of rotatable bonds is 9. The third-order valence-electron chi connectivity index (χ3n) is 8.69. The number of hydrogen-bond donors (Lipinski definition) is 3. The quantitative estimate of drug-likeness (QED) is 0.442. The molecule has 6 atom stereocenters. The smallest absolute Gasteiger partial charge is 0.245 e. The zero-order chi connectivity index (χ0) is 26.2. The van der Waals surface area contributed by atoms with Gasteiger partial charge in [0.15, 0.2) is 0 Å². The van der Waals surface area contributed by atoms with E-state index >= 15 is 0 Å². The summed E-state index contributed by atoms with van der Waals surface area (Å²) in [4.78, 5) is 45.1. The number of hydrogen-bond acceptors (Lipinski definition) is 7. The molecule has 4 fully saturated rings. The zero-order valence-corrected chi connectivity index (χ0v) is 21.7. The molecular formula is C27H38N4O6. The number of aliphatic hydroxyl groups excluding tert-OH is 1.